The van der Waals surface area contributed by atoms with Gasteiger partial charge in [0.05, 0.1) is 13.2 Å². The van der Waals surface area contributed by atoms with Crippen LogP contribution in [0.25, 0.3) is 0 Å². The van der Waals surface area contributed by atoms with Crippen LogP contribution in [0.2, 0.25) is 0 Å². The van der Waals surface area contributed by atoms with Crippen molar-refractivity contribution in [2.24, 2.45) is 5.41 Å². The summed E-state index contributed by atoms with van der Waals surface area (Å²) in [5.74, 6) is 0.879. The summed E-state index contributed by atoms with van der Waals surface area (Å²) in [6.07, 6.45) is -2.59. The molecule has 0 saturated carbocycles. The number of rotatable bonds is 10. The fourth-order valence-electron chi connectivity index (χ4n) is 3.06. The summed E-state index contributed by atoms with van der Waals surface area (Å²) < 4.78 is 16.6. The van der Waals surface area contributed by atoms with Gasteiger partial charge in [-0.1, -0.05) is 32.9 Å². The Morgan fingerprint density at radius 1 is 0.931 bits per heavy atom. The first-order chi connectivity index (χ1) is 13.7. The number of benzene rings is 1. The van der Waals surface area contributed by atoms with E-state index in [1.807, 2.05) is 12.1 Å². The van der Waals surface area contributed by atoms with Crippen molar-refractivity contribution in [2.75, 3.05) is 19.8 Å². The van der Waals surface area contributed by atoms with Crippen LogP contribution in [-0.4, -0.2) is 71.0 Å². The second-order valence-electron chi connectivity index (χ2n) is 8.83. The summed E-state index contributed by atoms with van der Waals surface area (Å²) in [6.45, 7) is 7.18. The molecule has 1 aromatic carbocycles. The molecule has 0 unspecified atom stereocenters. The van der Waals surface area contributed by atoms with Gasteiger partial charge < -0.3 is 34.6 Å². The van der Waals surface area contributed by atoms with Crippen LogP contribution in [0.1, 0.15) is 45.6 Å². The van der Waals surface area contributed by atoms with E-state index in [-0.39, 0.29) is 5.41 Å². The highest BCUT2D eigenvalue weighted by atomic mass is 16.7. The van der Waals surface area contributed by atoms with Gasteiger partial charge >= 0.3 is 0 Å². The Morgan fingerprint density at radius 3 is 2.24 bits per heavy atom. The number of aryl methyl sites for hydroxylation is 1. The Kier molecular flexibility index (Phi) is 9.33. The van der Waals surface area contributed by atoms with Gasteiger partial charge in [0.25, 0.3) is 0 Å². The Labute approximate surface area is 173 Å². The zero-order chi connectivity index (χ0) is 21.4. The van der Waals surface area contributed by atoms with E-state index in [0.717, 1.165) is 31.4 Å². The molecule has 1 aromatic rings. The molecule has 29 heavy (non-hydrogen) atoms. The Balaban J connectivity index is 1.65. The fourth-order valence-corrected chi connectivity index (χ4v) is 3.06. The zero-order valence-electron chi connectivity index (χ0n) is 17.7. The topological polar surface area (TPSA) is 109 Å². The average Bonchev–Trinajstić information content (AvgIpc) is 2.67. The smallest absolute Gasteiger partial charge is 0.186 e. The molecular weight excluding hydrogens is 376 g/mol. The standard InChI is InChI=1S/C22H36O7/c1-22(2,3)11-13-27-16-9-7-15(8-10-16)6-4-5-12-28-21-20(26)19(25)18(24)17(14-23)29-21/h7-10,17-21,23-26H,4-6,11-14H2,1-3H3/t17-,18-,19+,20-,21-/m1/s1. The lowest BCUT2D eigenvalue weighted by molar-refractivity contribution is -0.301. The molecule has 0 spiro atoms. The molecule has 166 valence electrons. The van der Waals surface area contributed by atoms with Crippen LogP contribution in [-0.2, 0) is 15.9 Å². The summed E-state index contributed by atoms with van der Waals surface area (Å²) in [5, 5.41) is 38.6. The minimum absolute atomic E-state index is 0.262. The molecule has 0 aromatic heterocycles. The first kappa shape index (κ1) is 24.1. The minimum Gasteiger partial charge on any atom is -0.494 e. The van der Waals surface area contributed by atoms with Crippen LogP contribution in [0, 0.1) is 5.41 Å². The van der Waals surface area contributed by atoms with E-state index in [4.69, 9.17) is 14.2 Å². The first-order valence-corrected chi connectivity index (χ1v) is 10.3. The molecule has 7 heteroatoms. The molecule has 7 nitrogen and oxygen atoms in total. The largest absolute Gasteiger partial charge is 0.494 e. The van der Waals surface area contributed by atoms with Crippen molar-refractivity contribution in [3.8, 4) is 5.75 Å². The number of ether oxygens (including phenoxy) is 3. The molecule has 1 aliphatic heterocycles. The van der Waals surface area contributed by atoms with E-state index in [2.05, 4.69) is 32.9 Å². The molecule has 0 radical (unpaired) electrons. The van der Waals surface area contributed by atoms with Crippen molar-refractivity contribution < 1.29 is 34.6 Å². The summed E-state index contributed by atoms with van der Waals surface area (Å²) in [5.41, 5.74) is 1.47. The SMILES string of the molecule is CC(C)(C)CCOc1ccc(CCCCO[C@@H]2O[C@H](CO)[C@@H](O)[C@H](O)[C@H]2O)cc1. The second kappa shape index (κ2) is 11.2. The van der Waals surface area contributed by atoms with Crippen LogP contribution in [0.5, 0.6) is 5.75 Å². The van der Waals surface area contributed by atoms with Gasteiger partial charge in [-0.25, -0.2) is 0 Å². The predicted molar refractivity (Wildman–Crippen MR) is 109 cm³/mol. The molecule has 0 bridgehead atoms. The second-order valence-corrected chi connectivity index (χ2v) is 8.83. The summed E-state index contributed by atoms with van der Waals surface area (Å²) >= 11 is 0. The molecule has 4 N–H and O–H groups in total. The molecule has 1 aliphatic rings. The van der Waals surface area contributed by atoms with Crippen molar-refractivity contribution >= 4 is 0 Å². The van der Waals surface area contributed by atoms with Crippen LogP contribution >= 0.6 is 0 Å². The van der Waals surface area contributed by atoms with Crippen LogP contribution < -0.4 is 4.74 Å². The fraction of sp³-hybridized carbons (Fsp3) is 0.727. The molecule has 5 atom stereocenters. The highest BCUT2D eigenvalue weighted by Crippen LogP contribution is 2.23. The number of hydrogen-bond acceptors (Lipinski definition) is 7. The monoisotopic (exact) mass is 412 g/mol. The highest BCUT2D eigenvalue weighted by molar-refractivity contribution is 5.27. The summed E-state index contributed by atoms with van der Waals surface area (Å²) in [4.78, 5) is 0. The van der Waals surface area contributed by atoms with E-state index < -0.39 is 37.3 Å². The summed E-state index contributed by atoms with van der Waals surface area (Å²) in [7, 11) is 0. The maximum absolute atomic E-state index is 9.93. The molecule has 1 fully saturated rings. The number of hydrogen-bond donors (Lipinski definition) is 4. The van der Waals surface area contributed by atoms with Crippen molar-refractivity contribution in [3.05, 3.63) is 29.8 Å². The van der Waals surface area contributed by atoms with Crippen LogP contribution in [0.3, 0.4) is 0 Å². The van der Waals surface area contributed by atoms with Crippen LogP contribution in [0.4, 0.5) is 0 Å². The van der Waals surface area contributed by atoms with Crippen LogP contribution in [0.15, 0.2) is 24.3 Å². The lowest BCUT2D eigenvalue weighted by Crippen LogP contribution is -2.59. The Bertz CT molecular complexity index is 582. The molecule has 1 heterocycles. The highest BCUT2D eigenvalue weighted by Gasteiger charge is 2.43. The van der Waals surface area contributed by atoms with Crippen molar-refractivity contribution in [2.45, 2.75) is 77.2 Å². The van der Waals surface area contributed by atoms with Crippen molar-refractivity contribution in [1.82, 2.24) is 0 Å². The molecule has 0 amide bonds. The quantitative estimate of drug-likeness (QED) is 0.433. The van der Waals surface area contributed by atoms with E-state index >= 15 is 0 Å². The van der Waals surface area contributed by atoms with Gasteiger partial charge in [-0.05, 0) is 48.8 Å². The molecule has 0 aliphatic carbocycles. The van der Waals surface area contributed by atoms with Gasteiger partial charge in [0, 0.05) is 6.61 Å². The number of unbranched alkanes of at least 4 members (excludes halogenated alkanes) is 1. The van der Waals surface area contributed by atoms with Gasteiger partial charge in [-0.2, -0.15) is 0 Å². The van der Waals surface area contributed by atoms with Gasteiger partial charge in [-0.3, -0.25) is 0 Å². The Hall–Kier alpha value is -1.22. The first-order valence-electron chi connectivity index (χ1n) is 10.3. The maximum Gasteiger partial charge on any atom is 0.186 e. The lowest BCUT2D eigenvalue weighted by Gasteiger charge is -2.39. The van der Waals surface area contributed by atoms with E-state index in [1.165, 1.54) is 5.56 Å². The number of aliphatic hydroxyl groups is 4. The number of aliphatic hydroxyl groups excluding tert-OH is 4. The van der Waals surface area contributed by atoms with E-state index in [1.54, 1.807) is 0 Å². The van der Waals surface area contributed by atoms with Crippen molar-refractivity contribution in [1.29, 1.82) is 0 Å². The van der Waals surface area contributed by atoms with E-state index in [9.17, 15) is 20.4 Å². The summed E-state index contributed by atoms with van der Waals surface area (Å²) in [6, 6.07) is 8.10. The maximum atomic E-state index is 9.93. The van der Waals surface area contributed by atoms with Crippen molar-refractivity contribution in [3.63, 3.8) is 0 Å². The minimum atomic E-state index is -1.41. The van der Waals surface area contributed by atoms with Gasteiger partial charge in [0.1, 0.15) is 30.2 Å². The Morgan fingerprint density at radius 2 is 1.62 bits per heavy atom. The van der Waals surface area contributed by atoms with E-state index in [0.29, 0.717) is 13.2 Å². The van der Waals surface area contributed by atoms with Gasteiger partial charge in [0.15, 0.2) is 6.29 Å². The average molecular weight is 413 g/mol. The molecule has 1 saturated heterocycles. The third kappa shape index (κ3) is 7.85. The third-order valence-electron chi connectivity index (χ3n) is 5.03. The zero-order valence-corrected chi connectivity index (χ0v) is 17.7. The third-order valence-corrected chi connectivity index (χ3v) is 5.03. The predicted octanol–water partition coefficient (Wildman–Crippen LogP) is 1.64. The molecule has 2 rings (SSSR count). The normalized spacial score (nSPS) is 27.8. The molecular formula is C22H36O7. The van der Waals surface area contributed by atoms with Gasteiger partial charge in [0.2, 0.25) is 0 Å². The lowest BCUT2D eigenvalue weighted by atomic mass is 9.93. The van der Waals surface area contributed by atoms with Gasteiger partial charge in [-0.15, -0.1) is 0 Å².